The number of nitrogens with one attached hydrogen (secondary N) is 1. The van der Waals surface area contributed by atoms with Gasteiger partial charge in [0.05, 0.1) is 9.82 Å². The van der Waals surface area contributed by atoms with Crippen LogP contribution in [-0.4, -0.2) is 31.2 Å². The van der Waals surface area contributed by atoms with Gasteiger partial charge in [0.15, 0.2) is 6.10 Å². The number of rotatable bonds is 5. The fraction of sp³-hybridized carbons (Fsp3) is 0.235. The fourth-order valence-corrected chi connectivity index (χ4v) is 3.82. The highest BCUT2D eigenvalue weighted by molar-refractivity contribution is 7.90. The van der Waals surface area contributed by atoms with E-state index >= 15 is 0 Å². The molecule has 3 rings (SSSR count). The number of benzene rings is 2. The number of ether oxygens (including phenoxy) is 1. The molecule has 1 aliphatic heterocycles. The molecule has 0 spiro atoms. The van der Waals surface area contributed by atoms with E-state index in [1.165, 1.54) is 24.3 Å². The molecule has 0 aliphatic carbocycles. The van der Waals surface area contributed by atoms with E-state index in [-0.39, 0.29) is 16.6 Å². The third-order valence-corrected chi connectivity index (χ3v) is 5.75. The maximum absolute atomic E-state index is 12.5. The zero-order valence-corrected chi connectivity index (χ0v) is 16.0. The van der Waals surface area contributed by atoms with Crippen LogP contribution in [0.3, 0.4) is 0 Å². The quantitative estimate of drug-likeness (QED) is 0.450. The highest BCUT2D eigenvalue weighted by atomic mass is 32.2. The van der Waals surface area contributed by atoms with Gasteiger partial charge in [-0.25, -0.2) is 18.1 Å². The van der Waals surface area contributed by atoms with Crippen molar-refractivity contribution in [1.82, 2.24) is 4.72 Å². The summed E-state index contributed by atoms with van der Waals surface area (Å²) >= 11 is 4.24. The maximum atomic E-state index is 12.5. The predicted octanol–water partition coefficient (Wildman–Crippen LogP) is 2.61. The normalized spacial score (nSPS) is 19.3. The van der Waals surface area contributed by atoms with E-state index < -0.39 is 27.1 Å². The molecule has 2 unspecified atom stereocenters. The number of nitro benzene ring substituents is 1. The Morgan fingerprint density at radius 2 is 1.81 bits per heavy atom. The van der Waals surface area contributed by atoms with Crippen LogP contribution in [0.15, 0.2) is 58.4 Å². The molecule has 1 aliphatic rings. The number of non-ortho nitro benzene ring substituents is 1. The Morgan fingerprint density at radius 1 is 1.19 bits per heavy atom. The third-order valence-electron chi connectivity index (χ3n) is 4.04. The highest BCUT2D eigenvalue weighted by Crippen LogP contribution is 2.31. The van der Waals surface area contributed by atoms with Gasteiger partial charge < -0.3 is 4.74 Å². The predicted molar refractivity (Wildman–Crippen MR) is 103 cm³/mol. The molecule has 1 heterocycles. The van der Waals surface area contributed by atoms with Gasteiger partial charge in [0.1, 0.15) is 6.04 Å². The summed E-state index contributed by atoms with van der Waals surface area (Å²) in [6, 6.07) is 11.7. The number of amidine groups is 1. The van der Waals surface area contributed by atoms with Gasteiger partial charge in [-0.15, -0.1) is 0 Å². The summed E-state index contributed by atoms with van der Waals surface area (Å²) in [6.07, 6.45) is -0.584. The number of aliphatic imine (C=N–C) groups is 1. The Labute approximate surface area is 161 Å². The van der Waals surface area contributed by atoms with Crippen molar-refractivity contribution in [2.75, 3.05) is 5.75 Å². The van der Waals surface area contributed by atoms with Crippen molar-refractivity contribution in [1.29, 1.82) is 0 Å². The Balaban J connectivity index is 1.78. The third kappa shape index (κ3) is 4.22. The molecule has 8 nitrogen and oxygen atoms in total. The number of aryl methyl sites for hydroxylation is 1. The van der Waals surface area contributed by atoms with E-state index in [0.29, 0.717) is 11.3 Å². The van der Waals surface area contributed by atoms with Crippen LogP contribution in [0, 0.1) is 17.0 Å². The van der Waals surface area contributed by atoms with Gasteiger partial charge in [0.25, 0.3) is 21.7 Å². The number of nitrogens with zero attached hydrogens (tertiary/aromatic N) is 2. The minimum Gasteiger partial charge on any atom is -0.454 e. The van der Waals surface area contributed by atoms with Crippen LogP contribution in [0.5, 0.6) is 0 Å². The standard InChI is InChI=1S/C17H17N3O5S2/c1-11-2-8-14(9-3-11)27(23,24)19-17-18-15(10-26)16(25-17)12-4-6-13(7-5-12)20(21)22/h2-9,15-16,26H,10H2,1H3,(H,18,19). The van der Waals surface area contributed by atoms with Crippen molar-refractivity contribution in [3.63, 3.8) is 0 Å². The lowest BCUT2D eigenvalue weighted by Crippen LogP contribution is -2.31. The van der Waals surface area contributed by atoms with Gasteiger partial charge in [-0.05, 0) is 36.8 Å². The highest BCUT2D eigenvalue weighted by Gasteiger charge is 2.33. The average molecular weight is 407 g/mol. The fourth-order valence-electron chi connectivity index (χ4n) is 2.60. The molecule has 1 N–H and O–H groups in total. The van der Waals surface area contributed by atoms with Crippen molar-refractivity contribution in [3.05, 3.63) is 69.8 Å². The molecule has 2 aromatic rings. The summed E-state index contributed by atoms with van der Waals surface area (Å²) < 4.78 is 33.0. The van der Waals surface area contributed by atoms with Crippen molar-refractivity contribution < 1.29 is 18.1 Å². The average Bonchev–Trinajstić information content (AvgIpc) is 3.04. The molecular formula is C17H17N3O5S2. The van der Waals surface area contributed by atoms with Crippen molar-refractivity contribution in [2.24, 2.45) is 4.99 Å². The Hall–Kier alpha value is -2.59. The molecule has 0 saturated carbocycles. The van der Waals surface area contributed by atoms with E-state index in [4.69, 9.17) is 4.74 Å². The molecule has 0 bridgehead atoms. The largest absolute Gasteiger partial charge is 0.454 e. The topological polar surface area (TPSA) is 111 Å². The van der Waals surface area contributed by atoms with Crippen LogP contribution in [0.4, 0.5) is 5.69 Å². The molecule has 0 aromatic heterocycles. The zero-order valence-electron chi connectivity index (χ0n) is 14.3. The van der Waals surface area contributed by atoms with Gasteiger partial charge >= 0.3 is 0 Å². The van der Waals surface area contributed by atoms with Crippen LogP contribution in [0.1, 0.15) is 17.2 Å². The summed E-state index contributed by atoms with van der Waals surface area (Å²) in [7, 11) is -3.84. The second-order valence-corrected chi connectivity index (χ2v) is 8.04. The second kappa shape index (κ2) is 7.57. The van der Waals surface area contributed by atoms with Crippen LogP contribution in [0.25, 0.3) is 0 Å². The van der Waals surface area contributed by atoms with E-state index in [2.05, 4.69) is 22.3 Å². The van der Waals surface area contributed by atoms with E-state index in [1.54, 1.807) is 24.3 Å². The molecule has 2 aromatic carbocycles. The first kappa shape index (κ1) is 19.2. The smallest absolute Gasteiger partial charge is 0.300 e. The van der Waals surface area contributed by atoms with E-state index in [1.807, 2.05) is 6.92 Å². The van der Waals surface area contributed by atoms with Gasteiger partial charge in [-0.1, -0.05) is 17.7 Å². The summed E-state index contributed by atoms with van der Waals surface area (Å²) in [5.74, 6) is 0.317. The summed E-state index contributed by atoms with van der Waals surface area (Å²) in [6.45, 7) is 1.86. The number of hydrogen-bond acceptors (Lipinski definition) is 7. The Morgan fingerprint density at radius 3 is 2.37 bits per heavy atom. The number of sulfonamides is 1. The van der Waals surface area contributed by atoms with E-state index in [0.717, 1.165) is 5.56 Å². The molecule has 27 heavy (non-hydrogen) atoms. The van der Waals surface area contributed by atoms with Gasteiger partial charge in [-0.2, -0.15) is 12.6 Å². The van der Waals surface area contributed by atoms with Crippen molar-refractivity contribution >= 4 is 34.4 Å². The van der Waals surface area contributed by atoms with Crippen LogP contribution >= 0.6 is 12.6 Å². The molecule has 142 valence electrons. The maximum Gasteiger partial charge on any atom is 0.300 e. The van der Waals surface area contributed by atoms with Gasteiger partial charge in [-0.3, -0.25) is 10.1 Å². The first-order chi connectivity index (χ1) is 12.8. The number of thiol groups is 1. The monoisotopic (exact) mass is 407 g/mol. The molecule has 0 fully saturated rings. The summed E-state index contributed by atoms with van der Waals surface area (Å²) in [5, 5.41) is 10.8. The van der Waals surface area contributed by atoms with E-state index in [9.17, 15) is 18.5 Å². The molecule has 0 radical (unpaired) electrons. The zero-order chi connectivity index (χ0) is 19.6. The SMILES string of the molecule is Cc1ccc(S(=O)(=O)NC2=NC(CS)C(c3ccc([N+](=O)[O-])cc3)O2)cc1. The van der Waals surface area contributed by atoms with Gasteiger partial charge in [0.2, 0.25) is 0 Å². The van der Waals surface area contributed by atoms with Crippen molar-refractivity contribution in [2.45, 2.75) is 24.0 Å². The van der Waals surface area contributed by atoms with Gasteiger partial charge in [0, 0.05) is 17.9 Å². The molecule has 0 saturated heterocycles. The second-order valence-electron chi connectivity index (χ2n) is 5.99. The minimum absolute atomic E-state index is 0.0413. The van der Waals surface area contributed by atoms with Crippen LogP contribution < -0.4 is 4.72 Å². The first-order valence-corrected chi connectivity index (χ1v) is 10.1. The summed E-state index contributed by atoms with van der Waals surface area (Å²) in [4.78, 5) is 14.6. The lowest BCUT2D eigenvalue weighted by atomic mass is 10.0. The Bertz CT molecular complexity index is 973. The number of nitro groups is 1. The molecule has 0 amide bonds. The Kier molecular flexibility index (Phi) is 5.38. The van der Waals surface area contributed by atoms with Crippen molar-refractivity contribution in [3.8, 4) is 0 Å². The number of hydrogen-bond donors (Lipinski definition) is 2. The molecule has 10 heteroatoms. The first-order valence-electron chi connectivity index (χ1n) is 7.99. The molecule has 2 atom stereocenters. The molecular weight excluding hydrogens is 390 g/mol. The van der Waals surface area contributed by atoms with Crippen LogP contribution in [-0.2, 0) is 14.8 Å². The van der Waals surface area contributed by atoms with Crippen LogP contribution in [0.2, 0.25) is 0 Å². The lowest BCUT2D eigenvalue weighted by Gasteiger charge is -2.16. The minimum atomic E-state index is -3.84. The summed E-state index contributed by atoms with van der Waals surface area (Å²) in [5.41, 5.74) is 1.55. The lowest BCUT2D eigenvalue weighted by molar-refractivity contribution is -0.384.